The summed E-state index contributed by atoms with van der Waals surface area (Å²) in [5.41, 5.74) is 4.85. The molecule has 1 fully saturated rings. The van der Waals surface area contributed by atoms with Crippen LogP contribution in [-0.4, -0.2) is 26.7 Å². The van der Waals surface area contributed by atoms with Crippen molar-refractivity contribution in [2.45, 2.75) is 37.7 Å². The number of nitrogen functional groups attached to an aromatic ring is 1. The van der Waals surface area contributed by atoms with Crippen LogP contribution in [0.3, 0.4) is 0 Å². The number of aromatic nitrogens is 2. The lowest BCUT2D eigenvalue weighted by Gasteiger charge is -2.27. The summed E-state index contributed by atoms with van der Waals surface area (Å²) in [5, 5.41) is 0.934. The molecule has 3 N–H and O–H groups in total. The number of thioether (sulfide) groups is 2. The minimum Gasteiger partial charge on any atom is -0.308 e. The molecule has 100 valence electrons. The molecule has 2 heterocycles. The first-order chi connectivity index (χ1) is 8.67. The molecule has 0 aromatic carbocycles. The number of hydrogen-bond acceptors (Lipinski definition) is 6. The highest BCUT2D eigenvalue weighted by atomic mass is 32.2. The normalized spacial score (nSPS) is 24.0. The molecule has 0 aliphatic carbocycles. The van der Waals surface area contributed by atoms with Crippen LogP contribution < -0.4 is 11.3 Å². The molecule has 0 radical (unpaired) electrons. The predicted molar refractivity (Wildman–Crippen MR) is 81.1 cm³/mol. The van der Waals surface area contributed by atoms with Crippen molar-refractivity contribution >= 4 is 29.3 Å². The molecule has 0 spiro atoms. The van der Waals surface area contributed by atoms with Gasteiger partial charge in [-0.1, -0.05) is 13.8 Å². The molecule has 1 aromatic heterocycles. The van der Waals surface area contributed by atoms with Crippen LogP contribution in [0.4, 0.5) is 5.82 Å². The van der Waals surface area contributed by atoms with Gasteiger partial charge in [-0.2, -0.15) is 11.8 Å². The third kappa shape index (κ3) is 2.75. The molecule has 2 unspecified atom stereocenters. The Kier molecular flexibility index (Phi) is 4.75. The van der Waals surface area contributed by atoms with Crippen LogP contribution in [0.15, 0.2) is 0 Å². The molecule has 1 saturated heterocycles. The standard InChI is InChI=1S/C12H20N4S2/c1-4-9-7(2)11(16-13)15-12(14-9)10-8(3)17-5-6-18-10/h8,10H,4-6,13H2,1-3H3,(H,14,15,16). The van der Waals surface area contributed by atoms with Gasteiger partial charge in [0.25, 0.3) is 0 Å². The summed E-state index contributed by atoms with van der Waals surface area (Å²) >= 11 is 3.95. The molecule has 0 saturated carbocycles. The summed E-state index contributed by atoms with van der Waals surface area (Å²) in [7, 11) is 0. The van der Waals surface area contributed by atoms with E-state index < -0.39 is 0 Å². The van der Waals surface area contributed by atoms with Gasteiger partial charge in [-0.3, -0.25) is 0 Å². The summed E-state index contributed by atoms with van der Waals surface area (Å²) in [6, 6.07) is 0. The number of anilines is 1. The number of hydrogen-bond donors (Lipinski definition) is 2. The number of nitrogens with two attached hydrogens (primary N) is 1. The van der Waals surface area contributed by atoms with Crippen LogP contribution in [0, 0.1) is 6.92 Å². The maximum atomic E-state index is 5.56. The third-order valence-electron chi connectivity index (χ3n) is 3.18. The van der Waals surface area contributed by atoms with Gasteiger partial charge in [-0.15, -0.1) is 11.8 Å². The van der Waals surface area contributed by atoms with E-state index in [-0.39, 0.29) is 0 Å². The zero-order valence-corrected chi connectivity index (χ0v) is 12.7. The van der Waals surface area contributed by atoms with E-state index in [2.05, 4.69) is 24.3 Å². The van der Waals surface area contributed by atoms with E-state index >= 15 is 0 Å². The second kappa shape index (κ2) is 6.12. The SMILES string of the molecule is CCc1nc(C2SCCSC2C)nc(NN)c1C. The smallest absolute Gasteiger partial charge is 0.146 e. The lowest BCUT2D eigenvalue weighted by Crippen LogP contribution is -2.21. The van der Waals surface area contributed by atoms with Crippen LogP contribution in [0.5, 0.6) is 0 Å². The van der Waals surface area contributed by atoms with Crippen molar-refractivity contribution in [3.8, 4) is 0 Å². The van der Waals surface area contributed by atoms with Gasteiger partial charge in [0.15, 0.2) is 0 Å². The van der Waals surface area contributed by atoms with Crippen molar-refractivity contribution in [2.75, 3.05) is 16.9 Å². The van der Waals surface area contributed by atoms with E-state index in [1.807, 2.05) is 30.4 Å². The second-order valence-electron chi connectivity index (χ2n) is 4.37. The van der Waals surface area contributed by atoms with E-state index in [9.17, 15) is 0 Å². The minimum absolute atomic E-state index is 0.377. The van der Waals surface area contributed by atoms with Crippen molar-refractivity contribution in [2.24, 2.45) is 5.84 Å². The van der Waals surface area contributed by atoms with Gasteiger partial charge in [-0.05, 0) is 13.3 Å². The molecular weight excluding hydrogens is 264 g/mol. The van der Waals surface area contributed by atoms with Gasteiger partial charge in [0, 0.05) is 28.0 Å². The van der Waals surface area contributed by atoms with Gasteiger partial charge >= 0.3 is 0 Å². The quantitative estimate of drug-likeness (QED) is 0.657. The molecule has 0 amide bonds. The Labute approximate surface area is 117 Å². The van der Waals surface area contributed by atoms with Gasteiger partial charge in [0.1, 0.15) is 11.6 Å². The zero-order chi connectivity index (χ0) is 13.1. The second-order valence-corrected chi connectivity index (χ2v) is 7.10. The third-order valence-corrected chi connectivity index (χ3v) is 6.26. The van der Waals surface area contributed by atoms with Crippen molar-refractivity contribution in [3.05, 3.63) is 17.1 Å². The number of nitrogens with zero attached hydrogens (tertiary/aromatic N) is 2. The number of hydrazine groups is 1. The highest BCUT2D eigenvalue weighted by Crippen LogP contribution is 2.41. The Morgan fingerprint density at radius 3 is 2.67 bits per heavy atom. The Bertz CT molecular complexity index is 400. The minimum atomic E-state index is 0.377. The monoisotopic (exact) mass is 284 g/mol. The lowest BCUT2D eigenvalue weighted by atomic mass is 10.2. The lowest BCUT2D eigenvalue weighted by molar-refractivity contribution is 0.798. The van der Waals surface area contributed by atoms with Crippen LogP contribution in [-0.2, 0) is 6.42 Å². The summed E-state index contributed by atoms with van der Waals surface area (Å²) in [5.74, 6) is 9.63. The van der Waals surface area contributed by atoms with Crippen molar-refractivity contribution in [1.29, 1.82) is 0 Å². The zero-order valence-electron chi connectivity index (χ0n) is 11.1. The van der Waals surface area contributed by atoms with Crippen molar-refractivity contribution in [3.63, 3.8) is 0 Å². The molecule has 1 aromatic rings. The number of rotatable bonds is 3. The average molecular weight is 284 g/mol. The highest BCUT2D eigenvalue weighted by Gasteiger charge is 2.27. The Morgan fingerprint density at radius 1 is 1.33 bits per heavy atom. The van der Waals surface area contributed by atoms with E-state index in [0.717, 1.165) is 29.3 Å². The number of nitrogens with one attached hydrogen (secondary N) is 1. The van der Waals surface area contributed by atoms with Crippen LogP contribution >= 0.6 is 23.5 Å². The van der Waals surface area contributed by atoms with Crippen LogP contribution in [0.2, 0.25) is 0 Å². The summed E-state index contributed by atoms with van der Waals surface area (Å²) < 4.78 is 0. The molecular formula is C12H20N4S2. The van der Waals surface area contributed by atoms with E-state index in [1.165, 1.54) is 11.5 Å². The largest absolute Gasteiger partial charge is 0.308 e. The molecule has 1 aliphatic heterocycles. The first-order valence-corrected chi connectivity index (χ1v) is 8.34. The summed E-state index contributed by atoms with van der Waals surface area (Å²) in [6.45, 7) is 6.39. The van der Waals surface area contributed by atoms with Crippen molar-refractivity contribution in [1.82, 2.24) is 9.97 Å². The molecule has 1 aliphatic rings. The maximum Gasteiger partial charge on any atom is 0.146 e. The van der Waals surface area contributed by atoms with Crippen LogP contribution in [0.1, 0.15) is 36.2 Å². The molecule has 2 atom stereocenters. The first kappa shape index (κ1) is 14.0. The summed E-state index contributed by atoms with van der Waals surface area (Å²) in [6.07, 6.45) is 0.912. The molecule has 0 bridgehead atoms. The number of aryl methyl sites for hydroxylation is 1. The van der Waals surface area contributed by atoms with E-state index in [4.69, 9.17) is 10.8 Å². The van der Waals surface area contributed by atoms with E-state index in [1.54, 1.807) is 0 Å². The fraction of sp³-hybridized carbons (Fsp3) is 0.667. The van der Waals surface area contributed by atoms with E-state index in [0.29, 0.717) is 10.5 Å². The summed E-state index contributed by atoms with van der Waals surface area (Å²) in [4.78, 5) is 9.32. The molecule has 4 nitrogen and oxygen atoms in total. The van der Waals surface area contributed by atoms with Gasteiger partial charge < -0.3 is 5.43 Å². The topological polar surface area (TPSA) is 63.8 Å². The average Bonchev–Trinajstić information content (AvgIpc) is 2.40. The highest BCUT2D eigenvalue weighted by molar-refractivity contribution is 8.06. The van der Waals surface area contributed by atoms with Gasteiger partial charge in [0.05, 0.1) is 5.25 Å². The Balaban J connectivity index is 2.37. The van der Waals surface area contributed by atoms with Gasteiger partial charge in [-0.25, -0.2) is 15.8 Å². The Morgan fingerprint density at radius 2 is 2.06 bits per heavy atom. The van der Waals surface area contributed by atoms with Gasteiger partial charge in [0.2, 0.25) is 0 Å². The molecule has 18 heavy (non-hydrogen) atoms. The Hall–Kier alpha value is -0.460. The predicted octanol–water partition coefficient (Wildman–Crippen LogP) is 2.54. The fourth-order valence-corrected chi connectivity index (χ4v) is 4.80. The molecule has 2 rings (SSSR count). The maximum absolute atomic E-state index is 5.56. The molecule has 6 heteroatoms. The fourth-order valence-electron chi connectivity index (χ4n) is 2.11. The van der Waals surface area contributed by atoms with Crippen molar-refractivity contribution < 1.29 is 0 Å². The van der Waals surface area contributed by atoms with Crippen LogP contribution in [0.25, 0.3) is 0 Å². The first-order valence-electron chi connectivity index (χ1n) is 6.24.